The van der Waals surface area contributed by atoms with Crippen molar-refractivity contribution in [2.45, 2.75) is 19.0 Å². The van der Waals surface area contributed by atoms with Gasteiger partial charge in [0.1, 0.15) is 0 Å². The van der Waals surface area contributed by atoms with E-state index >= 15 is 0 Å². The van der Waals surface area contributed by atoms with Crippen molar-refractivity contribution in [3.63, 3.8) is 0 Å². The number of hydrogen-bond acceptors (Lipinski definition) is 4. The van der Waals surface area contributed by atoms with Crippen LogP contribution in [0.1, 0.15) is 12.8 Å². The molecule has 0 aliphatic heterocycles. The van der Waals surface area contributed by atoms with Gasteiger partial charge in [-0.3, -0.25) is 10.1 Å². The van der Waals surface area contributed by atoms with E-state index in [-0.39, 0.29) is 18.4 Å². The number of esters is 1. The number of rotatable bonds is 2. The molecule has 6 heteroatoms. The standard InChI is InChI=1S/C9H10FNO4/c1-15-9(12)6-3-2-4-7(10)8(5-6)11(13)14/h3,5,7H,2,4H2,1H3. The zero-order valence-electron chi connectivity index (χ0n) is 8.10. The normalized spacial score (nSPS) is 21.1. The Balaban J connectivity index is 3.02. The van der Waals surface area contributed by atoms with Gasteiger partial charge in [0.2, 0.25) is 0 Å². The van der Waals surface area contributed by atoms with Crippen LogP contribution in [0, 0.1) is 10.1 Å². The van der Waals surface area contributed by atoms with Crippen LogP contribution in [0.5, 0.6) is 0 Å². The molecule has 0 aromatic rings. The first-order valence-corrected chi connectivity index (χ1v) is 4.34. The molecular formula is C9H10FNO4. The molecule has 0 saturated carbocycles. The first-order valence-electron chi connectivity index (χ1n) is 4.34. The summed E-state index contributed by atoms with van der Waals surface area (Å²) < 4.78 is 17.6. The maximum atomic E-state index is 13.2. The van der Waals surface area contributed by atoms with Gasteiger partial charge in [-0.15, -0.1) is 0 Å². The summed E-state index contributed by atoms with van der Waals surface area (Å²) in [6.45, 7) is 0. The Morgan fingerprint density at radius 1 is 1.73 bits per heavy atom. The Hall–Kier alpha value is -1.72. The van der Waals surface area contributed by atoms with E-state index in [0.717, 1.165) is 6.08 Å². The number of ether oxygens (including phenoxy) is 1. The van der Waals surface area contributed by atoms with E-state index in [1.807, 2.05) is 0 Å². The summed E-state index contributed by atoms with van der Waals surface area (Å²) in [6.07, 6.45) is 1.02. The Morgan fingerprint density at radius 3 is 2.93 bits per heavy atom. The molecule has 1 aliphatic carbocycles. The number of methoxy groups -OCH3 is 1. The molecule has 0 N–H and O–H groups in total. The van der Waals surface area contributed by atoms with E-state index in [1.165, 1.54) is 13.2 Å². The number of carbonyl (C=O) groups excluding carboxylic acids is 1. The maximum Gasteiger partial charge on any atom is 0.337 e. The molecule has 0 radical (unpaired) electrons. The Labute approximate surface area is 85.4 Å². The lowest BCUT2D eigenvalue weighted by atomic mass is 10.2. The van der Waals surface area contributed by atoms with E-state index in [9.17, 15) is 19.3 Å². The van der Waals surface area contributed by atoms with Crippen LogP contribution in [0.25, 0.3) is 0 Å². The van der Waals surface area contributed by atoms with Gasteiger partial charge >= 0.3 is 5.97 Å². The second-order valence-corrected chi connectivity index (χ2v) is 3.02. The molecule has 1 rings (SSSR count). The number of alkyl halides is 1. The zero-order chi connectivity index (χ0) is 11.4. The molecule has 1 aliphatic rings. The molecule has 82 valence electrons. The maximum absolute atomic E-state index is 13.2. The van der Waals surface area contributed by atoms with Crippen molar-refractivity contribution in [3.8, 4) is 0 Å². The van der Waals surface area contributed by atoms with Crippen molar-refractivity contribution in [2.75, 3.05) is 7.11 Å². The Kier molecular flexibility index (Phi) is 3.54. The summed E-state index contributed by atoms with van der Waals surface area (Å²) in [6, 6.07) is 0. The highest BCUT2D eigenvalue weighted by atomic mass is 19.1. The van der Waals surface area contributed by atoms with E-state index < -0.39 is 22.8 Å². The highest BCUT2D eigenvalue weighted by Gasteiger charge is 2.27. The van der Waals surface area contributed by atoms with Crippen LogP contribution in [0.2, 0.25) is 0 Å². The minimum atomic E-state index is -1.64. The fourth-order valence-corrected chi connectivity index (χ4v) is 1.27. The van der Waals surface area contributed by atoms with Gasteiger partial charge in [-0.2, -0.15) is 0 Å². The summed E-state index contributed by atoms with van der Waals surface area (Å²) in [4.78, 5) is 20.8. The SMILES string of the molecule is COC(=O)C1=CCCC(F)C([N+](=O)[O-])=C1. The van der Waals surface area contributed by atoms with E-state index in [4.69, 9.17) is 0 Å². The largest absolute Gasteiger partial charge is 0.465 e. The lowest BCUT2D eigenvalue weighted by Gasteiger charge is -2.01. The van der Waals surface area contributed by atoms with E-state index in [2.05, 4.69) is 4.74 Å². The first-order chi connectivity index (χ1) is 7.06. The second-order valence-electron chi connectivity index (χ2n) is 3.02. The number of nitrogens with zero attached hydrogens (tertiary/aromatic N) is 1. The van der Waals surface area contributed by atoms with Crippen LogP contribution in [0.15, 0.2) is 23.4 Å². The van der Waals surface area contributed by atoms with Gasteiger partial charge in [-0.25, -0.2) is 9.18 Å². The predicted molar refractivity (Wildman–Crippen MR) is 49.3 cm³/mol. The van der Waals surface area contributed by atoms with Gasteiger partial charge in [0.05, 0.1) is 17.6 Å². The molecule has 0 aromatic heterocycles. The van der Waals surface area contributed by atoms with Gasteiger partial charge in [-0.05, 0) is 12.8 Å². The van der Waals surface area contributed by atoms with Crippen molar-refractivity contribution in [3.05, 3.63) is 33.5 Å². The number of nitro groups is 1. The van der Waals surface area contributed by atoms with Gasteiger partial charge in [0.25, 0.3) is 5.70 Å². The third kappa shape index (κ3) is 2.61. The first kappa shape index (κ1) is 11.4. The molecular weight excluding hydrogens is 205 g/mol. The molecule has 15 heavy (non-hydrogen) atoms. The molecule has 0 spiro atoms. The molecule has 0 aromatic carbocycles. The van der Waals surface area contributed by atoms with Crippen molar-refractivity contribution in [1.29, 1.82) is 0 Å². The lowest BCUT2D eigenvalue weighted by Crippen LogP contribution is -2.12. The quantitative estimate of drug-likeness (QED) is 0.396. The zero-order valence-corrected chi connectivity index (χ0v) is 8.10. The summed E-state index contributed by atoms with van der Waals surface area (Å²) in [7, 11) is 1.17. The van der Waals surface area contributed by atoms with Crippen LogP contribution < -0.4 is 0 Å². The van der Waals surface area contributed by atoms with Crippen molar-refractivity contribution < 1.29 is 18.8 Å². The molecule has 0 fully saturated rings. The van der Waals surface area contributed by atoms with Gasteiger partial charge in [0.15, 0.2) is 6.17 Å². The average Bonchev–Trinajstić information content (AvgIpc) is 2.39. The Bertz CT molecular complexity index is 348. The number of allylic oxidation sites excluding steroid dienone is 2. The Morgan fingerprint density at radius 2 is 2.40 bits per heavy atom. The predicted octanol–water partition coefficient (Wildman–Crippen LogP) is 1.38. The topological polar surface area (TPSA) is 69.4 Å². The monoisotopic (exact) mass is 215 g/mol. The summed E-state index contributed by atoms with van der Waals surface area (Å²) in [5, 5.41) is 10.5. The summed E-state index contributed by atoms with van der Waals surface area (Å²) in [5.41, 5.74) is -0.562. The number of carbonyl (C=O) groups is 1. The minimum absolute atomic E-state index is 0.00725. The fourth-order valence-electron chi connectivity index (χ4n) is 1.27. The summed E-state index contributed by atoms with van der Waals surface area (Å²) in [5.74, 6) is -0.691. The van der Waals surface area contributed by atoms with Crippen molar-refractivity contribution in [2.24, 2.45) is 0 Å². The van der Waals surface area contributed by atoms with Gasteiger partial charge in [-0.1, -0.05) is 6.08 Å². The molecule has 0 bridgehead atoms. The molecule has 0 heterocycles. The molecule has 0 amide bonds. The lowest BCUT2D eigenvalue weighted by molar-refractivity contribution is -0.433. The highest BCUT2D eigenvalue weighted by molar-refractivity contribution is 5.91. The van der Waals surface area contributed by atoms with Crippen LogP contribution in [-0.4, -0.2) is 24.2 Å². The molecule has 0 saturated heterocycles. The second kappa shape index (κ2) is 4.68. The fraction of sp³-hybridized carbons (Fsp3) is 0.444. The molecule has 5 nitrogen and oxygen atoms in total. The molecule has 1 atom stereocenters. The van der Waals surface area contributed by atoms with Crippen LogP contribution in [-0.2, 0) is 9.53 Å². The third-order valence-electron chi connectivity index (χ3n) is 2.04. The molecule has 1 unspecified atom stereocenters. The van der Waals surface area contributed by atoms with E-state index in [1.54, 1.807) is 0 Å². The van der Waals surface area contributed by atoms with Gasteiger partial charge < -0.3 is 4.74 Å². The number of halogens is 1. The highest BCUT2D eigenvalue weighted by Crippen LogP contribution is 2.21. The van der Waals surface area contributed by atoms with Crippen molar-refractivity contribution in [1.82, 2.24) is 0 Å². The van der Waals surface area contributed by atoms with Crippen LogP contribution >= 0.6 is 0 Å². The van der Waals surface area contributed by atoms with Crippen LogP contribution in [0.3, 0.4) is 0 Å². The van der Waals surface area contributed by atoms with Crippen LogP contribution in [0.4, 0.5) is 4.39 Å². The minimum Gasteiger partial charge on any atom is -0.465 e. The number of hydrogen-bond donors (Lipinski definition) is 0. The van der Waals surface area contributed by atoms with Crippen molar-refractivity contribution >= 4 is 5.97 Å². The van der Waals surface area contributed by atoms with Gasteiger partial charge in [0, 0.05) is 6.08 Å². The van der Waals surface area contributed by atoms with E-state index in [0.29, 0.717) is 0 Å². The smallest absolute Gasteiger partial charge is 0.337 e. The summed E-state index contributed by atoms with van der Waals surface area (Å²) >= 11 is 0. The average molecular weight is 215 g/mol. The third-order valence-corrected chi connectivity index (χ3v) is 2.04.